The van der Waals surface area contributed by atoms with E-state index in [0.717, 1.165) is 0 Å². The number of rotatable bonds is 3. The molecule has 2 saturated heterocycles. The summed E-state index contributed by atoms with van der Waals surface area (Å²) in [5, 5.41) is 3.18. The number of hydrogen-bond donors (Lipinski definition) is 1. The summed E-state index contributed by atoms with van der Waals surface area (Å²) in [5.41, 5.74) is -1.27. The largest absolute Gasteiger partial charge is 0.460 e. The van der Waals surface area contributed by atoms with Crippen LogP contribution in [0.15, 0.2) is 0 Å². The number of likely N-dealkylation sites (tertiary alicyclic amines) is 1. The van der Waals surface area contributed by atoms with Crippen molar-refractivity contribution in [3.8, 4) is 0 Å². The Hall–Kier alpha value is -1.14. The van der Waals surface area contributed by atoms with Gasteiger partial charge in [-0.2, -0.15) is 0 Å². The summed E-state index contributed by atoms with van der Waals surface area (Å²) in [6, 6.07) is -0.270. The van der Waals surface area contributed by atoms with Crippen molar-refractivity contribution in [2.75, 3.05) is 26.2 Å². The summed E-state index contributed by atoms with van der Waals surface area (Å²) in [6.07, 6.45) is -0.110. The molecule has 2 rings (SSSR count). The Kier molecular flexibility index (Phi) is 4.31. The quantitative estimate of drug-likeness (QED) is 0.771. The second-order valence-electron chi connectivity index (χ2n) is 7.45. The predicted molar refractivity (Wildman–Crippen MR) is 77.7 cm³/mol. The van der Waals surface area contributed by atoms with Crippen molar-refractivity contribution in [1.82, 2.24) is 10.2 Å². The minimum absolute atomic E-state index is 0.0105. The van der Waals surface area contributed by atoms with Crippen LogP contribution in [0.4, 0.5) is 0 Å². The van der Waals surface area contributed by atoms with Crippen molar-refractivity contribution in [1.29, 1.82) is 0 Å². The van der Waals surface area contributed by atoms with Crippen LogP contribution in [0.2, 0.25) is 0 Å². The zero-order valence-corrected chi connectivity index (χ0v) is 13.6. The summed E-state index contributed by atoms with van der Waals surface area (Å²) in [5.74, 6) is -0.275. The molecule has 0 aromatic carbocycles. The first kappa shape index (κ1) is 16.2. The lowest BCUT2D eigenvalue weighted by atomic mass is 9.92. The Labute approximate surface area is 126 Å². The van der Waals surface area contributed by atoms with Crippen molar-refractivity contribution in [2.24, 2.45) is 5.41 Å². The molecule has 6 heteroatoms. The highest BCUT2D eigenvalue weighted by molar-refractivity contribution is 5.86. The molecule has 0 saturated carbocycles. The molecule has 0 aromatic heterocycles. The van der Waals surface area contributed by atoms with Gasteiger partial charge in [-0.05, 0) is 34.6 Å². The van der Waals surface area contributed by atoms with E-state index in [-0.39, 0.29) is 24.0 Å². The molecule has 1 amide bonds. The normalized spacial score (nSPS) is 26.7. The number of carbonyl (C=O) groups excluding carboxylic acids is 2. The van der Waals surface area contributed by atoms with Crippen LogP contribution in [0.1, 0.15) is 34.6 Å². The first-order valence-corrected chi connectivity index (χ1v) is 7.47. The van der Waals surface area contributed by atoms with Gasteiger partial charge in [0.2, 0.25) is 5.91 Å². The molecule has 2 atom stereocenters. The number of amides is 1. The van der Waals surface area contributed by atoms with Gasteiger partial charge in [0.15, 0.2) is 0 Å². The van der Waals surface area contributed by atoms with E-state index < -0.39 is 11.0 Å². The third-order valence-electron chi connectivity index (χ3n) is 3.69. The summed E-state index contributed by atoms with van der Waals surface area (Å²) in [4.78, 5) is 26.3. The average molecular weight is 298 g/mol. The van der Waals surface area contributed by atoms with E-state index in [1.807, 2.05) is 34.6 Å². The third kappa shape index (κ3) is 3.74. The molecular formula is C15H26N2O4. The second kappa shape index (κ2) is 5.57. The van der Waals surface area contributed by atoms with Crippen LogP contribution < -0.4 is 5.32 Å². The van der Waals surface area contributed by atoms with Crippen molar-refractivity contribution < 1.29 is 19.1 Å². The molecule has 0 bridgehead atoms. The van der Waals surface area contributed by atoms with Crippen molar-refractivity contribution >= 4 is 11.9 Å². The van der Waals surface area contributed by atoms with Crippen molar-refractivity contribution in [3.05, 3.63) is 0 Å². The minimum atomic E-state index is -0.740. The van der Waals surface area contributed by atoms with Crippen LogP contribution in [0, 0.1) is 5.41 Å². The molecule has 0 aliphatic carbocycles. The lowest BCUT2D eigenvalue weighted by Crippen LogP contribution is -2.50. The Bertz CT molecular complexity index is 428. The minimum Gasteiger partial charge on any atom is -0.460 e. The van der Waals surface area contributed by atoms with Crippen molar-refractivity contribution in [3.63, 3.8) is 0 Å². The molecule has 2 unspecified atom stereocenters. The summed E-state index contributed by atoms with van der Waals surface area (Å²) in [6.45, 7) is 11.3. The molecule has 0 radical (unpaired) electrons. The van der Waals surface area contributed by atoms with Crippen LogP contribution in [0.3, 0.4) is 0 Å². The molecule has 0 spiro atoms. The van der Waals surface area contributed by atoms with Crippen LogP contribution in [-0.2, 0) is 19.1 Å². The predicted octanol–water partition coefficient (Wildman–Crippen LogP) is 0.554. The van der Waals surface area contributed by atoms with E-state index in [1.54, 1.807) is 4.90 Å². The highest BCUT2D eigenvalue weighted by Crippen LogP contribution is 2.26. The van der Waals surface area contributed by atoms with Crippen LogP contribution in [0.5, 0.6) is 0 Å². The van der Waals surface area contributed by atoms with Gasteiger partial charge in [0.05, 0.1) is 18.1 Å². The summed E-state index contributed by atoms with van der Waals surface area (Å²) < 4.78 is 11.1. The second-order valence-corrected chi connectivity index (χ2v) is 7.45. The number of hydrogen-bond acceptors (Lipinski definition) is 5. The zero-order chi connectivity index (χ0) is 15.8. The fourth-order valence-electron chi connectivity index (χ4n) is 2.66. The molecule has 1 N–H and O–H groups in total. The molecule has 2 fully saturated rings. The zero-order valence-electron chi connectivity index (χ0n) is 13.6. The van der Waals surface area contributed by atoms with Gasteiger partial charge in [0, 0.05) is 19.6 Å². The SMILES string of the molecule is CC(C)(C)OC(=O)C(C)(C)CN1CC2OCCNC2C1=O. The van der Waals surface area contributed by atoms with Gasteiger partial charge in [0.1, 0.15) is 11.6 Å². The maximum atomic E-state index is 12.4. The summed E-state index contributed by atoms with van der Waals surface area (Å²) in [7, 11) is 0. The number of nitrogens with one attached hydrogen (secondary N) is 1. The van der Waals surface area contributed by atoms with Gasteiger partial charge >= 0.3 is 5.97 Å². The molecule has 21 heavy (non-hydrogen) atoms. The smallest absolute Gasteiger partial charge is 0.313 e. The standard InChI is InChI=1S/C15H26N2O4/c1-14(2,3)21-13(19)15(4,5)9-17-8-10-11(12(17)18)16-6-7-20-10/h10-11,16H,6-9H2,1-5H3. The number of morpholine rings is 1. The van der Waals surface area contributed by atoms with E-state index in [0.29, 0.717) is 26.2 Å². The number of nitrogens with zero attached hydrogens (tertiary/aromatic N) is 1. The fraction of sp³-hybridized carbons (Fsp3) is 0.867. The molecular weight excluding hydrogens is 272 g/mol. The lowest BCUT2D eigenvalue weighted by Gasteiger charge is -2.31. The van der Waals surface area contributed by atoms with Crippen LogP contribution in [0.25, 0.3) is 0 Å². The Balaban J connectivity index is 2.00. The monoisotopic (exact) mass is 298 g/mol. The molecule has 120 valence electrons. The first-order chi connectivity index (χ1) is 9.60. The van der Waals surface area contributed by atoms with Gasteiger partial charge in [-0.25, -0.2) is 0 Å². The van der Waals surface area contributed by atoms with E-state index >= 15 is 0 Å². The molecule has 2 heterocycles. The molecule has 2 aliphatic heterocycles. The Morgan fingerprint density at radius 3 is 2.62 bits per heavy atom. The molecule has 0 aromatic rings. The summed E-state index contributed by atoms with van der Waals surface area (Å²) >= 11 is 0. The van der Waals surface area contributed by atoms with E-state index in [1.165, 1.54) is 0 Å². The first-order valence-electron chi connectivity index (χ1n) is 7.47. The Morgan fingerprint density at radius 2 is 2.05 bits per heavy atom. The highest BCUT2D eigenvalue weighted by atomic mass is 16.6. The van der Waals surface area contributed by atoms with Crippen molar-refractivity contribution in [2.45, 2.75) is 52.4 Å². The fourth-order valence-corrected chi connectivity index (χ4v) is 2.66. The number of fused-ring (bicyclic) bond motifs is 1. The van der Waals surface area contributed by atoms with Gasteiger partial charge in [-0.15, -0.1) is 0 Å². The van der Waals surface area contributed by atoms with Gasteiger partial charge in [-0.3, -0.25) is 9.59 Å². The maximum Gasteiger partial charge on any atom is 0.313 e. The topological polar surface area (TPSA) is 67.9 Å². The van der Waals surface area contributed by atoms with Gasteiger partial charge in [-0.1, -0.05) is 0 Å². The maximum absolute atomic E-state index is 12.4. The van der Waals surface area contributed by atoms with E-state index in [9.17, 15) is 9.59 Å². The van der Waals surface area contributed by atoms with Crippen LogP contribution in [-0.4, -0.2) is 60.8 Å². The molecule has 6 nitrogen and oxygen atoms in total. The third-order valence-corrected chi connectivity index (χ3v) is 3.69. The van der Waals surface area contributed by atoms with E-state index in [4.69, 9.17) is 9.47 Å². The lowest BCUT2D eigenvalue weighted by molar-refractivity contribution is -0.167. The average Bonchev–Trinajstić information content (AvgIpc) is 2.64. The number of esters is 1. The number of carbonyl (C=O) groups is 2. The van der Waals surface area contributed by atoms with Crippen LogP contribution >= 0.6 is 0 Å². The van der Waals surface area contributed by atoms with Gasteiger partial charge in [0.25, 0.3) is 0 Å². The van der Waals surface area contributed by atoms with Gasteiger partial charge < -0.3 is 19.7 Å². The molecule has 2 aliphatic rings. The highest BCUT2D eigenvalue weighted by Gasteiger charge is 2.45. The Morgan fingerprint density at radius 1 is 1.38 bits per heavy atom. The van der Waals surface area contributed by atoms with E-state index in [2.05, 4.69) is 5.32 Å². The number of ether oxygens (including phenoxy) is 2.